The number of nitrogens with zero attached hydrogens (tertiary/aromatic N) is 1. The Bertz CT molecular complexity index is 906. The highest BCUT2D eigenvalue weighted by Gasteiger charge is 2.18. The molecule has 154 valence electrons. The van der Waals surface area contributed by atoms with E-state index in [2.05, 4.69) is 32.8 Å². The molecule has 1 aliphatic rings. The summed E-state index contributed by atoms with van der Waals surface area (Å²) in [6.45, 7) is 4.05. The summed E-state index contributed by atoms with van der Waals surface area (Å²) in [4.78, 5) is 28.3. The lowest BCUT2D eigenvalue weighted by Crippen LogP contribution is -2.28. The van der Waals surface area contributed by atoms with Crippen LogP contribution in [0.2, 0.25) is 0 Å². The van der Waals surface area contributed by atoms with Crippen LogP contribution in [0.15, 0.2) is 30.3 Å². The molecule has 1 aliphatic heterocycles. The maximum atomic E-state index is 12.4. The van der Waals surface area contributed by atoms with E-state index in [9.17, 15) is 9.59 Å². The monoisotopic (exact) mass is 525 g/mol. The number of rotatable bonds is 7. The van der Waals surface area contributed by atoms with Crippen molar-refractivity contribution in [3.63, 3.8) is 0 Å². The number of carbonyl (C=O) groups is 2. The molecule has 1 amide bonds. The summed E-state index contributed by atoms with van der Waals surface area (Å²) in [5, 5.41) is 11.1. The van der Waals surface area contributed by atoms with Crippen LogP contribution in [-0.2, 0) is 9.16 Å². The molecule has 0 unspecified atom stereocenters. The molecule has 0 aliphatic carbocycles. The van der Waals surface area contributed by atoms with Crippen LogP contribution in [0.3, 0.4) is 0 Å². The third-order valence-electron chi connectivity index (χ3n) is 4.78. The second-order valence-corrected chi connectivity index (χ2v) is 8.79. The Kier molecular flexibility index (Phi) is 7.65. The zero-order valence-electron chi connectivity index (χ0n) is 16.3. The van der Waals surface area contributed by atoms with Gasteiger partial charge in [-0.15, -0.1) is 11.3 Å². The van der Waals surface area contributed by atoms with Gasteiger partial charge in [0.15, 0.2) is 0 Å². The van der Waals surface area contributed by atoms with Crippen LogP contribution in [-0.4, -0.2) is 48.9 Å². The van der Waals surface area contributed by atoms with Crippen LogP contribution >= 0.6 is 33.9 Å². The summed E-state index contributed by atoms with van der Waals surface area (Å²) >= 11 is 3.73. The van der Waals surface area contributed by atoms with Gasteiger partial charge in [0, 0.05) is 28.0 Å². The molecule has 1 fully saturated rings. The maximum absolute atomic E-state index is 12.4. The van der Waals surface area contributed by atoms with E-state index in [4.69, 9.17) is 10.1 Å². The van der Waals surface area contributed by atoms with Gasteiger partial charge in [0.25, 0.3) is 5.91 Å². The van der Waals surface area contributed by atoms with Gasteiger partial charge < -0.3 is 15.0 Å². The van der Waals surface area contributed by atoms with Crippen molar-refractivity contribution in [3.8, 4) is 0 Å². The Morgan fingerprint density at radius 1 is 1.24 bits per heavy atom. The van der Waals surface area contributed by atoms with Gasteiger partial charge in [-0.3, -0.25) is 10.2 Å². The molecule has 2 aromatic rings. The summed E-state index contributed by atoms with van der Waals surface area (Å²) in [5.74, 6) is -0.0602. The van der Waals surface area contributed by atoms with Gasteiger partial charge in [0.1, 0.15) is 12.4 Å². The minimum atomic E-state index is -0.417. The molecule has 0 saturated carbocycles. The van der Waals surface area contributed by atoms with Gasteiger partial charge in [0.05, 0.1) is 17.0 Å². The molecule has 0 atom stereocenters. The fraction of sp³-hybridized carbons (Fsp3) is 0.381. The molecule has 0 radical (unpaired) electrons. The van der Waals surface area contributed by atoms with Crippen molar-refractivity contribution in [2.45, 2.75) is 24.2 Å². The molecule has 3 rings (SSSR count). The van der Waals surface area contributed by atoms with Gasteiger partial charge in [-0.1, -0.05) is 28.7 Å². The molecule has 1 aromatic carbocycles. The molecule has 1 aromatic heterocycles. The molecule has 8 heteroatoms. The van der Waals surface area contributed by atoms with Crippen molar-refractivity contribution in [3.05, 3.63) is 56.8 Å². The molecule has 29 heavy (non-hydrogen) atoms. The molecule has 0 spiro atoms. The summed E-state index contributed by atoms with van der Waals surface area (Å²) < 4.78 is 6.18. The highest BCUT2D eigenvalue weighted by molar-refractivity contribution is 14.1. The molecular formula is C21H24IN3O3S. The second-order valence-electron chi connectivity index (χ2n) is 6.86. The van der Waals surface area contributed by atoms with E-state index in [1.807, 2.05) is 25.1 Å². The summed E-state index contributed by atoms with van der Waals surface area (Å²) in [5.41, 5.74) is 2.08. The van der Waals surface area contributed by atoms with Crippen molar-refractivity contribution in [2.24, 2.45) is 0 Å². The van der Waals surface area contributed by atoms with Gasteiger partial charge >= 0.3 is 5.97 Å². The Balaban J connectivity index is 1.48. The number of amidine groups is 1. The number of aryl methyl sites for hydroxylation is 1. The lowest BCUT2D eigenvalue weighted by Gasteiger charge is -2.19. The number of hydrogen-bond acceptors (Lipinski definition) is 5. The maximum Gasteiger partial charge on any atom is 0.338 e. The van der Waals surface area contributed by atoms with Crippen molar-refractivity contribution < 1.29 is 14.3 Å². The Morgan fingerprint density at radius 2 is 2.00 bits per heavy atom. The lowest BCUT2D eigenvalue weighted by atomic mass is 10.0. The van der Waals surface area contributed by atoms with Gasteiger partial charge in [-0.05, 0) is 49.6 Å². The van der Waals surface area contributed by atoms with Crippen molar-refractivity contribution >= 4 is 51.6 Å². The van der Waals surface area contributed by atoms with Gasteiger partial charge in [-0.25, -0.2) is 4.79 Å². The first kappa shape index (κ1) is 21.8. The zero-order valence-corrected chi connectivity index (χ0v) is 19.3. The number of hydrogen-bond donors (Lipinski definition) is 2. The molecule has 2 heterocycles. The van der Waals surface area contributed by atoms with Crippen molar-refractivity contribution in [2.75, 3.05) is 26.2 Å². The van der Waals surface area contributed by atoms with E-state index in [1.165, 1.54) is 11.3 Å². The fourth-order valence-corrected chi connectivity index (χ4v) is 4.70. The predicted molar refractivity (Wildman–Crippen MR) is 123 cm³/mol. The minimum Gasteiger partial charge on any atom is -0.460 e. The lowest BCUT2D eigenvalue weighted by molar-refractivity contribution is 0.0502. The average molecular weight is 525 g/mol. The largest absolute Gasteiger partial charge is 0.460 e. The van der Waals surface area contributed by atoms with Crippen LogP contribution in [0.25, 0.3) is 0 Å². The van der Waals surface area contributed by atoms with Crippen molar-refractivity contribution in [1.82, 2.24) is 10.2 Å². The van der Waals surface area contributed by atoms with E-state index >= 15 is 0 Å². The van der Waals surface area contributed by atoms with E-state index in [0.29, 0.717) is 16.3 Å². The number of carbonyl (C=O) groups excluding carboxylic acids is 2. The number of esters is 1. The minimum absolute atomic E-state index is 0.111. The third kappa shape index (κ3) is 5.57. The Labute approximate surface area is 188 Å². The van der Waals surface area contributed by atoms with Crippen LogP contribution in [0.1, 0.15) is 48.9 Å². The number of amides is 1. The van der Waals surface area contributed by atoms with Gasteiger partial charge in [-0.2, -0.15) is 0 Å². The summed E-state index contributed by atoms with van der Waals surface area (Å²) in [6.07, 6.45) is 2.24. The molecule has 2 N–H and O–H groups in total. The Morgan fingerprint density at radius 3 is 2.66 bits per heavy atom. The summed E-state index contributed by atoms with van der Waals surface area (Å²) in [6, 6.07) is 9.13. The highest BCUT2D eigenvalue weighted by Crippen LogP contribution is 2.19. The normalized spacial score (nSPS) is 13.4. The van der Waals surface area contributed by atoms with Crippen LogP contribution < -0.4 is 5.32 Å². The van der Waals surface area contributed by atoms with Gasteiger partial charge in [0.2, 0.25) is 0 Å². The predicted octanol–water partition coefficient (Wildman–Crippen LogP) is 4.00. The average Bonchev–Trinajstić information content (AvgIpc) is 3.42. The number of likely N-dealkylation sites (tertiary alicyclic amines) is 1. The standard InChI is InChI=1S/C21H24IN3O3S/c1-14-12-15(19(23)25-9-2-3-10-25)4-6-17(14)21(27)28-11-8-24-20(26)18-7-5-16(13-22)29-18/h4-7,12,23H,2-3,8-11,13H2,1H3,(H,24,26). The van der Waals surface area contributed by atoms with Crippen molar-refractivity contribution in [1.29, 1.82) is 5.41 Å². The number of alkyl halides is 1. The van der Waals surface area contributed by atoms with E-state index in [1.54, 1.807) is 12.1 Å². The first-order valence-electron chi connectivity index (χ1n) is 9.54. The first-order chi connectivity index (χ1) is 14.0. The number of ether oxygens (including phenoxy) is 1. The molecule has 0 bridgehead atoms. The SMILES string of the molecule is Cc1cc(C(=N)N2CCCC2)ccc1C(=O)OCCNC(=O)c1ccc(CI)s1. The van der Waals surface area contributed by atoms with E-state index < -0.39 is 5.97 Å². The van der Waals surface area contributed by atoms with E-state index in [0.717, 1.165) is 46.4 Å². The quantitative estimate of drug-likeness (QED) is 0.143. The zero-order chi connectivity index (χ0) is 20.8. The number of halogens is 1. The smallest absolute Gasteiger partial charge is 0.338 e. The highest BCUT2D eigenvalue weighted by atomic mass is 127. The van der Waals surface area contributed by atoms with Crippen LogP contribution in [0.4, 0.5) is 0 Å². The number of benzene rings is 1. The second kappa shape index (κ2) is 10.2. The molecular weight excluding hydrogens is 501 g/mol. The van der Waals surface area contributed by atoms with E-state index in [-0.39, 0.29) is 19.1 Å². The Hall–Kier alpha value is -1.94. The third-order valence-corrected chi connectivity index (χ3v) is 7.20. The fourth-order valence-electron chi connectivity index (χ4n) is 3.21. The topological polar surface area (TPSA) is 82.5 Å². The van der Waals surface area contributed by atoms with Crippen LogP contribution in [0.5, 0.6) is 0 Å². The summed E-state index contributed by atoms with van der Waals surface area (Å²) in [7, 11) is 0. The number of thiophene rings is 1. The van der Waals surface area contributed by atoms with Crippen LogP contribution in [0, 0.1) is 12.3 Å². The molecule has 1 saturated heterocycles. The number of nitrogens with one attached hydrogen (secondary N) is 2. The first-order valence-corrected chi connectivity index (χ1v) is 11.9. The molecule has 6 nitrogen and oxygen atoms in total.